The fraction of sp³-hybridized carbons (Fsp3) is 0.167. The lowest BCUT2D eigenvalue weighted by atomic mass is 10.3. The van der Waals surface area contributed by atoms with Crippen molar-refractivity contribution in [3.8, 4) is 11.8 Å². The van der Waals surface area contributed by atoms with Crippen LogP contribution in [0.5, 0.6) is 0 Å². The van der Waals surface area contributed by atoms with E-state index in [0.717, 1.165) is 0 Å². The van der Waals surface area contributed by atoms with Crippen molar-refractivity contribution in [2.45, 2.75) is 13.0 Å². The third kappa shape index (κ3) is 3.93. The van der Waals surface area contributed by atoms with E-state index >= 15 is 0 Å². The summed E-state index contributed by atoms with van der Waals surface area (Å²) in [6, 6.07) is 13.0. The molecule has 0 saturated heterocycles. The molecule has 0 spiro atoms. The molecule has 0 atom stereocenters. The molecule has 3 rings (SSSR count). The highest BCUT2D eigenvalue weighted by Crippen LogP contribution is 2.13. The third-order valence-corrected chi connectivity index (χ3v) is 3.59. The molecule has 2 aromatic heterocycles. The number of nitrogens with zero attached hydrogens (tertiary/aromatic N) is 4. The zero-order valence-electron chi connectivity index (χ0n) is 13.3. The highest BCUT2D eigenvalue weighted by atomic mass is 19.1. The highest BCUT2D eigenvalue weighted by Gasteiger charge is 2.19. The average Bonchev–Trinajstić information content (AvgIpc) is 3.29. The number of aromatic nitrogens is 2. The van der Waals surface area contributed by atoms with Gasteiger partial charge in [0.2, 0.25) is 0 Å². The minimum atomic E-state index is -0.380. The van der Waals surface area contributed by atoms with E-state index in [4.69, 9.17) is 9.68 Å². The summed E-state index contributed by atoms with van der Waals surface area (Å²) in [6.45, 7) is 0.517. The molecule has 0 aliphatic carbocycles. The topological polar surface area (TPSA) is 75.1 Å². The van der Waals surface area contributed by atoms with Crippen molar-refractivity contribution < 1.29 is 13.6 Å². The predicted octanol–water partition coefficient (Wildman–Crippen LogP) is 3.16. The molecule has 25 heavy (non-hydrogen) atoms. The molecule has 2 heterocycles. The zero-order valence-corrected chi connectivity index (χ0v) is 13.3. The van der Waals surface area contributed by atoms with Crippen LogP contribution in [0, 0.1) is 17.1 Å². The number of carbonyl (C=O) groups excluding carboxylic acids is 1. The molecule has 1 amide bonds. The molecule has 7 heteroatoms. The first-order valence-electron chi connectivity index (χ1n) is 7.67. The summed E-state index contributed by atoms with van der Waals surface area (Å²) in [5, 5.41) is 13.0. The summed E-state index contributed by atoms with van der Waals surface area (Å²) in [5.74, 6) is -0.0769. The Kier molecular flexibility index (Phi) is 4.90. The van der Waals surface area contributed by atoms with Crippen molar-refractivity contribution in [1.29, 1.82) is 5.26 Å². The van der Waals surface area contributed by atoms with Crippen LogP contribution < -0.4 is 0 Å². The Hall–Kier alpha value is -3.40. The Balaban J connectivity index is 1.81. The van der Waals surface area contributed by atoms with E-state index in [0.29, 0.717) is 11.4 Å². The second kappa shape index (κ2) is 7.45. The molecular weight excluding hydrogens is 323 g/mol. The average molecular weight is 338 g/mol. The van der Waals surface area contributed by atoms with Gasteiger partial charge >= 0.3 is 0 Å². The number of rotatable bonds is 6. The summed E-state index contributed by atoms with van der Waals surface area (Å²) < 4.78 is 20.0. The Morgan fingerprint density at radius 2 is 2.20 bits per heavy atom. The fourth-order valence-electron chi connectivity index (χ4n) is 2.39. The quantitative estimate of drug-likeness (QED) is 0.692. The smallest absolute Gasteiger partial charge is 0.274 e. The lowest BCUT2D eigenvalue weighted by Crippen LogP contribution is -2.31. The van der Waals surface area contributed by atoms with Gasteiger partial charge in [-0.05, 0) is 36.4 Å². The minimum Gasteiger partial charge on any atom is -0.467 e. The van der Waals surface area contributed by atoms with Gasteiger partial charge in [0.25, 0.3) is 5.91 Å². The van der Waals surface area contributed by atoms with Gasteiger partial charge in [0, 0.05) is 12.7 Å². The number of furan rings is 1. The van der Waals surface area contributed by atoms with Gasteiger partial charge in [0.15, 0.2) is 5.69 Å². The standard InChI is InChI=1S/C18H15FN4O2/c19-14-4-1-5-15(12-14)23-10-7-17(21-23)18(24)22(9-3-8-20)13-16-6-2-11-25-16/h1-2,4-7,10-12H,3,9,13H2. The van der Waals surface area contributed by atoms with Crippen molar-refractivity contribution >= 4 is 5.91 Å². The molecule has 3 aromatic rings. The van der Waals surface area contributed by atoms with Crippen LogP contribution in [-0.2, 0) is 6.54 Å². The molecule has 126 valence electrons. The third-order valence-electron chi connectivity index (χ3n) is 3.59. The van der Waals surface area contributed by atoms with Gasteiger partial charge in [-0.3, -0.25) is 4.79 Å². The van der Waals surface area contributed by atoms with E-state index in [1.54, 1.807) is 36.5 Å². The monoisotopic (exact) mass is 338 g/mol. The van der Waals surface area contributed by atoms with Gasteiger partial charge in [-0.15, -0.1) is 0 Å². The normalized spacial score (nSPS) is 10.4. The van der Waals surface area contributed by atoms with Crippen molar-refractivity contribution in [2.75, 3.05) is 6.54 Å². The summed E-state index contributed by atoms with van der Waals surface area (Å²) in [7, 11) is 0. The van der Waals surface area contributed by atoms with Crippen LogP contribution in [0.3, 0.4) is 0 Å². The maximum atomic E-state index is 13.3. The van der Waals surface area contributed by atoms with Gasteiger partial charge in [-0.2, -0.15) is 10.4 Å². The van der Waals surface area contributed by atoms with E-state index in [2.05, 4.69) is 5.10 Å². The molecule has 0 aliphatic rings. The van der Waals surface area contributed by atoms with E-state index in [1.807, 2.05) is 6.07 Å². The number of amides is 1. The molecule has 0 fully saturated rings. The number of halogens is 1. The highest BCUT2D eigenvalue weighted by molar-refractivity contribution is 5.92. The van der Waals surface area contributed by atoms with Crippen molar-refractivity contribution in [2.24, 2.45) is 0 Å². The lowest BCUT2D eigenvalue weighted by Gasteiger charge is -2.19. The Bertz CT molecular complexity index is 896. The molecule has 0 unspecified atom stereocenters. The zero-order chi connectivity index (χ0) is 17.6. The van der Waals surface area contributed by atoms with Crippen molar-refractivity contribution in [1.82, 2.24) is 14.7 Å². The van der Waals surface area contributed by atoms with E-state index in [-0.39, 0.29) is 36.9 Å². The minimum absolute atomic E-state index is 0.205. The summed E-state index contributed by atoms with van der Waals surface area (Å²) in [6.07, 6.45) is 3.33. The number of carbonyl (C=O) groups is 1. The molecular formula is C18H15FN4O2. The molecule has 1 aromatic carbocycles. The van der Waals surface area contributed by atoms with Gasteiger partial charge < -0.3 is 9.32 Å². The maximum absolute atomic E-state index is 13.3. The van der Waals surface area contributed by atoms with Crippen molar-refractivity contribution in [3.05, 3.63) is 72.2 Å². The van der Waals surface area contributed by atoms with Gasteiger partial charge in [-0.1, -0.05) is 6.07 Å². The first kappa shape index (κ1) is 16.5. The lowest BCUT2D eigenvalue weighted by molar-refractivity contribution is 0.0729. The van der Waals surface area contributed by atoms with Crippen LogP contribution in [0.1, 0.15) is 22.7 Å². The van der Waals surface area contributed by atoms with Crippen LogP contribution in [0.15, 0.2) is 59.3 Å². The number of benzene rings is 1. The Morgan fingerprint density at radius 1 is 1.32 bits per heavy atom. The predicted molar refractivity (Wildman–Crippen MR) is 87.2 cm³/mol. The van der Waals surface area contributed by atoms with Crippen LogP contribution in [-0.4, -0.2) is 27.1 Å². The molecule has 0 bridgehead atoms. The number of hydrogen-bond acceptors (Lipinski definition) is 4. The van der Waals surface area contributed by atoms with E-state index in [9.17, 15) is 9.18 Å². The summed E-state index contributed by atoms with van der Waals surface area (Å²) in [4.78, 5) is 14.2. The van der Waals surface area contributed by atoms with Crippen LogP contribution >= 0.6 is 0 Å². The van der Waals surface area contributed by atoms with Crippen molar-refractivity contribution in [3.63, 3.8) is 0 Å². The summed E-state index contributed by atoms with van der Waals surface area (Å²) >= 11 is 0. The Labute approximate surface area is 143 Å². The molecule has 0 radical (unpaired) electrons. The number of nitriles is 1. The van der Waals surface area contributed by atoms with E-state index in [1.165, 1.54) is 28.0 Å². The fourth-order valence-corrected chi connectivity index (χ4v) is 2.39. The van der Waals surface area contributed by atoms with Crippen LogP contribution in [0.4, 0.5) is 4.39 Å². The molecule has 0 aliphatic heterocycles. The molecule has 6 nitrogen and oxygen atoms in total. The first-order chi connectivity index (χ1) is 12.2. The van der Waals surface area contributed by atoms with E-state index < -0.39 is 0 Å². The van der Waals surface area contributed by atoms with Crippen LogP contribution in [0.25, 0.3) is 5.69 Å². The second-order valence-electron chi connectivity index (χ2n) is 5.34. The van der Waals surface area contributed by atoms with Gasteiger partial charge in [-0.25, -0.2) is 9.07 Å². The maximum Gasteiger partial charge on any atom is 0.274 e. The van der Waals surface area contributed by atoms with Crippen LogP contribution in [0.2, 0.25) is 0 Å². The van der Waals surface area contributed by atoms with Gasteiger partial charge in [0.1, 0.15) is 11.6 Å². The first-order valence-corrected chi connectivity index (χ1v) is 7.67. The SMILES string of the molecule is N#CCCN(Cc1ccco1)C(=O)c1ccn(-c2cccc(F)c2)n1. The largest absolute Gasteiger partial charge is 0.467 e. The second-order valence-corrected chi connectivity index (χ2v) is 5.34. The molecule has 0 N–H and O–H groups in total. The summed E-state index contributed by atoms with van der Waals surface area (Å²) in [5.41, 5.74) is 0.738. The van der Waals surface area contributed by atoms with Gasteiger partial charge in [0.05, 0.1) is 31.0 Å². The number of hydrogen-bond donors (Lipinski definition) is 0. The Morgan fingerprint density at radius 3 is 2.92 bits per heavy atom. The molecule has 0 saturated carbocycles.